The van der Waals surface area contributed by atoms with E-state index >= 15 is 4.39 Å². The summed E-state index contributed by atoms with van der Waals surface area (Å²) in [6.45, 7) is 2.15. The molecule has 0 N–H and O–H groups in total. The molecule has 142 valence electrons. The van der Waals surface area contributed by atoms with Crippen molar-refractivity contribution >= 4 is 43.1 Å². The van der Waals surface area contributed by atoms with E-state index in [1.165, 1.54) is 27.1 Å². The molecule has 0 fully saturated rings. The lowest BCUT2D eigenvalue weighted by atomic mass is 9.88. The molecule has 0 aliphatic carbocycles. The molecule has 0 spiro atoms. The number of hydrogen-bond donors (Lipinski definition) is 0. The minimum atomic E-state index is -0.147. The Morgan fingerprint density at radius 3 is 1.60 bits per heavy atom. The van der Waals surface area contributed by atoms with Gasteiger partial charge in [0, 0.05) is 10.8 Å². The monoisotopic (exact) mass is 386 g/mol. The third-order valence-corrected chi connectivity index (χ3v) is 6.27. The van der Waals surface area contributed by atoms with E-state index in [1.807, 2.05) is 48.5 Å². The zero-order valence-corrected chi connectivity index (χ0v) is 16.6. The predicted molar refractivity (Wildman–Crippen MR) is 127 cm³/mol. The number of rotatable bonds is 1. The highest BCUT2D eigenvalue weighted by Gasteiger charge is 2.17. The van der Waals surface area contributed by atoms with Gasteiger partial charge >= 0.3 is 0 Å². The van der Waals surface area contributed by atoms with Crippen LogP contribution in [0.25, 0.3) is 54.2 Å². The second-order valence-electron chi connectivity index (χ2n) is 7.92. The Morgan fingerprint density at radius 1 is 0.433 bits per heavy atom. The van der Waals surface area contributed by atoms with E-state index in [4.69, 9.17) is 0 Å². The van der Waals surface area contributed by atoms with Gasteiger partial charge in [0.25, 0.3) is 0 Å². The fraction of sp³-hybridized carbons (Fsp3) is 0.0345. The van der Waals surface area contributed by atoms with Crippen molar-refractivity contribution in [3.8, 4) is 11.1 Å². The van der Waals surface area contributed by atoms with Crippen LogP contribution in [0.5, 0.6) is 0 Å². The first kappa shape index (κ1) is 17.2. The molecule has 30 heavy (non-hydrogen) atoms. The van der Waals surface area contributed by atoms with Crippen LogP contribution in [-0.2, 0) is 0 Å². The van der Waals surface area contributed by atoms with Crippen molar-refractivity contribution in [3.05, 3.63) is 108 Å². The Labute approximate surface area is 174 Å². The van der Waals surface area contributed by atoms with Crippen LogP contribution in [0, 0.1) is 12.7 Å². The molecule has 0 heterocycles. The molecule has 6 aromatic rings. The first-order valence-electron chi connectivity index (χ1n) is 10.2. The van der Waals surface area contributed by atoms with E-state index in [1.54, 1.807) is 0 Å². The van der Waals surface area contributed by atoms with Gasteiger partial charge in [0.2, 0.25) is 0 Å². The Hall–Kier alpha value is -3.71. The van der Waals surface area contributed by atoms with Gasteiger partial charge < -0.3 is 0 Å². The van der Waals surface area contributed by atoms with Gasteiger partial charge in [-0.1, -0.05) is 97.1 Å². The molecule has 0 bridgehead atoms. The van der Waals surface area contributed by atoms with E-state index < -0.39 is 0 Å². The van der Waals surface area contributed by atoms with E-state index in [9.17, 15) is 0 Å². The van der Waals surface area contributed by atoms with Crippen molar-refractivity contribution in [2.75, 3.05) is 0 Å². The molecular formula is C29H19F. The lowest BCUT2D eigenvalue weighted by Gasteiger charge is -2.16. The molecular weight excluding hydrogens is 367 g/mol. The van der Waals surface area contributed by atoms with Crippen LogP contribution in [0.3, 0.4) is 0 Å². The summed E-state index contributed by atoms with van der Waals surface area (Å²) in [6, 6.07) is 33.0. The first-order chi connectivity index (χ1) is 14.7. The number of benzene rings is 6. The molecule has 0 saturated carbocycles. The minimum absolute atomic E-state index is 0.147. The largest absolute Gasteiger partial charge is 0.206 e. The van der Waals surface area contributed by atoms with Crippen LogP contribution in [-0.4, -0.2) is 0 Å². The molecule has 6 aromatic carbocycles. The Balaban J connectivity index is 1.84. The summed E-state index contributed by atoms with van der Waals surface area (Å²) in [5.74, 6) is -0.147. The smallest absolute Gasteiger partial charge is 0.138 e. The fourth-order valence-electron chi connectivity index (χ4n) is 4.87. The zero-order valence-electron chi connectivity index (χ0n) is 16.6. The average Bonchev–Trinajstić information content (AvgIpc) is 2.79. The fourth-order valence-corrected chi connectivity index (χ4v) is 4.87. The average molecular weight is 386 g/mol. The first-order valence-corrected chi connectivity index (χ1v) is 10.2. The molecule has 6 rings (SSSR count). The van der Waals surface area contributed by atoms with Crippen molar-refractivity contribution in [1.29, 1.82) is 0 Å². The summed E-state index contributed by atoms with van der Waals surface area (Å²) >= 11 is 0. The van der Waals surface area contributed by atoms with Gasteiger partial charge in [-0.25, -0.2) is 4.39 Å². The Kier molecular flexibility index (Phi) is 3.66. The van der Waals surface area contributed by atoms with E-state index in [-0.39, 0.29) is 5.82 Å². The topological polar surface area (TPSA) is 0 Å². The Morgan fingerprint density at radius 2 is 0.933 bits per heavy atom. The minimum Gasteiger partial charge on any atom is -0.206 e. The highest BCUT2D eigenvalue weighted by atomic mass is 19.1. The predicted octanol–water partition coefficient (Wildman–Crippen LogP) is 8.41. The third kappa shape index (κ3) is 2.32. The van der Waals surface area contributed by atoms with Crippen molar-refractivity contribution in [3.63, 3.8) is 0 Å². The van der Waals surface area contributed by atoms with Gasteiger partial charge in [0.05, 0.1) is 0 Å². The molecule has 0 amide bonds. The lowest BCUT2D eigenvalue weighted by Crippen LogP contribution is -1.91. The Bertz CT molecular complexity index is 1550. The molecule has 0 aliphatic heterocycles. The van der Waals surface area contributed by atoms with Crippen LogP contribution in [0.2, 0.25) is 0 Å². The number of hydrogen-bond acceptors (Lipinski definition) is 0. The summed E-state index contributed by atoms with van der Waals surface area (Å²) in [6.07, 6.45) is 0. The van der Waals surface area contributed by atoms with Crippen molar-refractivity contribution in [2.45, 2.75) is 6.92 Å². The third-order valence-electron chi connectivity index (χ3n) is 6.27. The van der Waals surface area contributed by atoms with Crippen LogP contribution in [0.15, 0.2) is 97.1 Å². The molecule has 0 nitrogen and oxygen atoms in total. The molecule has 0 aromatic heterocycles. The molecule has 0 aliphatic rings. The van der Waals surface area contributed by atoms with Gasteiger partial charge in [-0.05, 0) is 55.9 Å². The highest BCUT2D eigenvalue weighted by Crippen LogP contribution is 2.42. The van der Waals surface area contributed by atoms with Gasteiger partial charge in [0.15, 0.2) is 0 Å². The molecule has 1 heteroatoms. The van der Waals surface area contributed by atoms with Crippen molar-refractivity contribution in [1.82, 2.24) is 0 Å². The summed E-state index contributed by atoms with van der Waals surface area (Å²) in [5.41, 5.74) is 3.51. The van der Waals surface area contributed by atoms with Crippen molar-refractivity contribution < 1.29 is 4.39 Å². The van der Waals surface area contributed by atoms with Gasteiger partial charge in [-0.2, -0.15) is 0 Å². The van der Waals surface area contributed by atoms with Gasteiger partial charge in [-0.3, -0.25) is 0 Å². The summed E-state index contributed by atoms with van der Waals surface area (Å²) < 4.78 is 15.3. The maximum Gasteiger partial charge on any atom is 0.138 e. The van der Waals surface area contributed by atoms with E-state index in [2.05, 4.69) is 55.5 Å². The van der Waals surface area contributed by atoms with Crippen LogP contribution in [0.4, 0.5) is 4.39 Å². The summed E-state index contributed by atoms with van der Waals surface area (Å²) in [5, 5.41) is 8.18. The summed E-state index contributed by atoms with van der Waals surface area (Å²) in [4.78, 5) is 0. The maximum atomic E-state index is 15.3. The number of halogens is 1. The molecule has 0 radical (unpaired) electrons. The normalized spacial score (nSPS) is 11.7. The SMILES string of the molecule is Cc1cccc2c1ccc1c(-c3c4ccccc4c(F)c4ccccc34)cccc12. The van der Waals surface area contributed by atoms with Crippen molar-refractivity contribution in [2.24, 2.45) is 0 Å². The quantitative estimate of drug-likeness (QED) is 0.196. The second-order valence-corrected chi connectivity index (χ2v) is 7.92. The molecule has 0 atom stereocenters. The summed E-state index contributed by atoms with van der Waals surface area (Å²) in [7, 11) is 0. The number of fused-ring (bicyclic) bond motifs is 5. The van der Waals surface area contributed by atoms with Crippen LogP contribution < -0.4 is 0 Å². The lowest BCUT2D eigenvalue weighted by molar-refractivity contribution is 0.651. The molecule has 0 saturated heterocycles. The van der Waals surface area contributed by atoms with Gasteiger partial charge in [0.1, 0.15) is 5.82 Å². The second kappa shape index (κ2) is 6.40. The zero-order chi connectivity index (χ0) is 20.2. The number of aryl methyl sites for hydroxylation is 1. The van der Waals surface area contributed by atoms with E-state index in [0.29, 0.717) is 10.8 Å². The van der Waals surface area contributed by atoms with Crippen LogP contribution >= 0.6 is 0 Å². The van der Waals surface area contributed by atoms with E-state index in [0.717, 1.165) is 21.9 Å². The highest BCUT2D eigenvalue weighted by molar-refractivity contribution is 6.20. The van der Waals surface area contributed by atoms with Gasteiger partial charge in [-0.15, -0.1) is 0 Å². The standard InChI is InChI=1S/C29H19F/c1-18-8-6-13-20-19(18)16-17-22-21(20)14-7-15-23(22)28-24-9-2-4-11-26(24)29(30)27-12-5-3-10-25(27)28/h2-17H,1H3. The maximum absolute atomic E-state index is 15.3. The molecule has 0 unspecified atom stereocenters. The van der Waals surface area contributed by atoms with Crippen LogP contribution in [0.1, 0.15) is 5.56 Å².